The largest absolute Gasteiger partial charge is 0.338 e. The first-order valence-corrected chi connectivity index (χ1v) is 3.16. The van der Waals surface area contributed by atoms with Crippen molar-refractivity contribution in [3.8, 4) is 0 Å². The quantitative estimate of drug-likeness (QED) is 0.477. The van der Waals surface area contributed by atoms with Crippen molar-refractivity contribution in [3.05, 3.63) is 11.6 Å². The molecule has 2 rings (SSSR count). The van der Waals surface area contributed by atoms with Gasteiger partial charge in [0.15, 0.2) is 0 Å². The van der Waals surface area contributed by atoms with E-state index in [0.29, 0.717) is 0 Å². The molecule has 0 saturated carbocycles. The van der Waals surface area contributed by atoms with Crippen molar-refractivity contribution in [1.29, 1.82) is 0 Å². The fourth-order valence-electron chi connectivity index (χ4n) is 0.479. The number of rotatable bonds is 0. The van der Waals surface area contributed by atoms with Crippen LogP contribution in [0, 0.1) is 0 Å². The highest BCUT2D eigenvalue weighted by Crippen LogP contribution is 2.08. The molecule has 1 atom stereocenters. The van der Waals surface area contributed by atoms with E-state index in [-0.39, 0.29) is 10.7 Å². The third kappa shape index (κ3) is 0.293. The summed E-state index contributed by atoms with van der Waals surface area (Å²) >= 11 is 0. The zero-order valence-corrected chi connectivity index (χ0v) is 4.27. The van der Waals surface area contributed by atoms with Gasteiger partial charge in [0.2, 0.25) is 5.17 Å². The van der Waals surface area contributed by atoms with Crippen LogP contribution in [0.1, 0.15) is 0 Å². The molecule has 7 heavy (non-hydrogen) atoms. The second kappa shape index (κ2) is 0.949. The minimum Gasteiger partial charge on any atom is -0.338 e. The molecular formula is C3H3N3S. The highest BCUT2D eigenvalue weighted by Gasteiger charge is 2.14. The number of hydrogen-bond donors (Lipinski definition) is 1. The Morgan fingerprint density at radius 3 is 3.00 bits per heavy atom. The molecule has 0 radical (unpaired) electrons. The van der Waals surface area contributed by atoms with Crippen molar-refractivity contribution in [2.75, 3.05) is 0 Å². The Morgan fingerprint density at radius 1 is 1.71 bits per heavy atom. The Labute approximate surface area is 43.2 Å². The number of nitrogens with one attached hydrogen (secondary N) is 1. The highest BCUT2D eigenvalue weighted by atomic mass is 32.2. The maximum Gasteiger partial charge on any atom is 0.204 e. The summed E-state index contributed by atoms with van der Waals surface area (Å²) in [6, 6.07) is 0. The van der Waals surface area contributed by atoms with Gasteiger partial charge in [0.05, 0.1) is 0 Å². The van der Waals surface area contributed by atoms with Crippen molar-refractivity contribution in [3.63, 3.8) is 0 Å². The smallest absolute Gasteiger partial charge is 0.204 e. The third-order valence-corrected chi connectivity index (χ3v) is 2.07. The molecule has 0 saturated heterocycles. The van der Waals surface area contributed by atoms with Crippen LogP contribution < -0.4 is 5.32 Å². The Balaban J connectivity index is 2.46. The number of nitrogens with zero attached hydrogens (tertiary/aromatic N) is 2. The van der Waals surface area contributed by atoms with Gasteiger partial charge < -0.3 is 5.32 Å². The summed E-state index contributed by atoms with van der Waals surface area (Å²) in [5.74, 6) is 0. The molecule has 4 heteroatoms. The van der Waals surface area contributed by atoms with E-state index in [9.17, 15) is 0 Å². The Hall–Kier alpha value is -0.640. The summed E-state index contributed by atoms with van der Waals surface area (Å²) in [6.07, 6.45) is 1.87. The first-order valence-electron chi connectivity index (χ1n) is 1.92. The lowest BCUT2D eigenvalue weighted by Crippen LogP contribution is -2.18. The molecule has 1 unspecified atom stereocenters. The average molecular weight is 113 g/mol. The third-order valence-electron chi connectivity index (χ3n) is 0.821. The van der Waals surface area contributed by atoms with Crippen LogP contribution in [0.15, 0.2) is 21.2 Å². The van der Waals surface area contributed by atoms with Gasteiger partial charge in [-0.15, -0.1) is 9.57 Å². The van der Waals surface area contributed by atoms with E-state index >= 15 is 0 Å². The van der Waals surface area contributed by atoms with Gasteiger partial charge in [-0.05, 0) is 0 Å². The van der Waals surface area contributed by atoms with E-state index in [4.69, 9.17) is 0 Å². The maximum absolute atomic E-state index is 3.80. The van der Waals surface area contributed by atoms with Gasteiger partial charge >= 0.3 is 0 Å². The van der Waals surface area contributed by atoms with Gasteiger partial charge in [-0.25, -0.2) is 0 Å². The fourth-order valence-corrected chi connectivity index (χ4v) is 1.31. The molecule has 36 valence electrons. The minimum absolute atomic E-state index is 0.0463. The first-order chi connectivity index (χ1) is 3.47. The van der Waals surface area contributed by atoms with Gasteiger partial charge in [0.25, 0.3) is 0 Å². The molecule has 2 heterocycles. The summed E-state index contributed by atoms with van der Waals surface area (Å²) in [6.45, 7) is 0. The molecule has 1 N–H and O–H groups in total. The lowest BCUT2D eigenvalue weighted by Gasteiger charge is -2.01. The van der Waals surface area contributed by atoms with E-state index < -0.39 is 0 Å². The SMILES string of the molecule is C1=CS2=NN=C2N1. The summed E-state index contributed by atoms with van der Waals surface area (Å²) < 4.78 is 3.80. The standard InChI is InChI=1S/C3H3N3S/c1-2-7-3(4-1)5-6-7/h1-2H,(H,4,5). The predicted molar refractivity (Wildman–Crippen MR) is 29.5 cm³/mol. The van der Waals surface area contributed by atoms with E-state index in [0.717, 1.165) is 5.17 Å². The Morgan fingerprint density at radius 2 is 2.71 bits per heavy atom. The predicted octanol–water partition coefficient (Wildman–Crippen LogP) is 0.147. The van der Waals surface area contributed by atoms with Crippen LogP contribution in [-0.4, -0.2) is 5.17 Å². The van der Waals surface area contributed by atoms with Gasteiger partial charge in [-0.3, -0.25) is 0 Å². The van der Waals surface area contributed by atoms with Gasteiger partial charge in [0, 0.05) is 22.3 Å². The second-order valence-electron chi connectivity index (χ2n) is 1.25. The molecule has 0 fully saturated rings. The topological polar surface area (TPSA) is 36.8 Å². The summed E-state index contributed by atoms with van der Waals surface area (Å²) in [5.41, 5.74) is 0. The van der Waals surface area contributed by atoms with Crippen LogP contribution in [0.2, 0.25) is 0 Å². The lowest BCUT2D eigenvalue weighted by atomic mass is 11.0. The monoisotopic (exact) mass is 113 g/mol. The van der Waals surface area contributed by atoms with Gasteiger partial charge in [-0.2, -0.15) is 0 Å². The van der Waals surface area contributed by atoms with Crippen LogP contribution in [0.5, 0.6) is 0 Å². The van der Waals surface area contributed by atoms with E-state index in [2.05, 4.69) is 14.9 Å². The minimum atomic E-state index is 0.0463. The van der Waals surface area contributed by atoms with E-state index in [1.807, 2.05) is 11.6 Å². The van der Waals surface area contributed by atoms with Crippen molar-refractivity contribution in [1.82, 2.24) is 5.32 Å². The second-order valence-corrected chi connectivity index (χ2v) is 2.70. The first kappa shape index (κ1) is 3.37. The summed E-state index contributed by atoms with van der Waals surface area (Å²) in [5, 5.41) is 9.67. The normalized spacial score (nSPS) is 32.0. The molecule has 0 bridgehead atoms. The molecule has 0 amide bonds. The Bertz CT molecular complexity index is 188. The zero-order valence-electron chi connectivity index (χ0n) is 3.46. The van der Waals surface area contributed by atoms with Gasteiger partial charge in [-0.1, -0.05) is 0 Å². The van der Waals surface area contributed by atoms with Crippen molar-refractivity contribution < 1.29 is 0 Å². The molecule has 0 aromatic heterocycles. The summed E-state index contributed by atoms with van der Waals surface area (Å²) in [4.78, 5) is 0. The number of hydrogen-bond acceptors (Lipinski definition) is 3. The fraction of sp³-hybridized carbons (Fsp3) is 0. The van der Waals surface area contributed by atoms with Crippen LogP contribution >= 0.6 is 0 Å². The van der Waals surface area contributed by atoms with Crippen molar-refractivity contribution >= 4 is 15.9 Å². The molecular weight excluding hydrogens is 110 g/mol. The Kier molecular flexibility index (Phi) is 0.457. The number of fused-ring (bicyclic) bond motifs is 1. The van der Waals surface area contributed by atoms with E-state index in [1.54, 1.807) is 0 Å². The average Bonchev–Trinajstić information content (AvgIpc) is 1.85. The number of amidine groups is 1. The molecule has 0 aromatic carbocycles. The van der Waals surface area contributed by atoms with E-state index in [1.165, 1.54) is 0 Å². The summed E-state index contributed by atoms with van der Waals surface area (Å²) in [7, 11) is 0.0463. The van der Waals surface area contributed by atoms with Crippen LogP contribution in [0.4, 0.5) is 0 Å². The van der Waals surface area contributed by atoms with Crippen molar-refractivity contribution in [2.45, 2.75) is 0 Å². The zero-order chi connectivity index (χ0) is 4.69. The highest BCUT2D eigenvalue weighted by molar-refractivity contribution is 8.06. The van der Waals surface area contributed by atoms with Crippen LogP contribution in [-0.2, 0) is 10.7 Å². The maximum atomic E-state index is 3.80. The van der Waals surface area contributed by atoms with Crippen LogP contribution in [0.25, 0.3) is 0 Å². The van der Waals surface area contributed by atoms with Crippen molar-refractivity contribution in [2.24, 2.45) is 9.57 Å². The van der Waals surface area contributed by atoms with Crippen LogP contribution in [0.3, 0.4) is 0 Å². The molecule has 0 spiro atoms. The molecule has 0 aromatic rings. The molecule has 3 nitrogen and oxygen atoms in total. The molecule has 2 aliphatic rings. The van der Waals surface area contributed by atoms with Gasteiger partial charge in [0.1, 0.15) is 0 Å². The lowest BCUT2D eigenvalue weighted by molar-refractivity contribution is 1.20. The molecule has 2 aliphatic heterocycles. The molecule has 0 aliphatic carbocycles.